The second-order valence-electron chi connectivity index (χ2n) is 7.76. The van der Waals surface area contributed by atoms with Crippen LogP contribution in [0.15, 0.2) is 36.4 Å². The van der Waals surface area contributed by atoms with Gasteiger partial charge in [0.05, 0.1) is 9.75 Å². The molecule has 27 heavy (non-hydrogen) atoms. The lowest BCUT2D eigenvalue weighted by atomic mass is 10.0. The summed E-state index contributed by atoms with van der Waals surface area (Å²) in [7, 11) is 1.91. The normalized spacial score (nSPS) is 20.4. The average Bonchev–Trinajstić information content (AvgIpc) is 3.34. The number of nitrogens with zero attached hydrogens (tertiary/aromatic N) is 2. The lowest BCUT2D eigenvalue weighted by molar-refractivity contribution is 0.0559. The van der Waals surface area contributed by atoms with Gasteiger partial charge in [-0.15, -0.1) is 11.3 Å². The minimum atomic E-state index is 0.0198. The van der Waals surface area contributed by atoms with Crippen molar-refractivity contribution in [1.82, 2.24) is 9.80 Å². The number of thiophene rings is 1. The molecule has 0 bridgehead atoms. The van der Waals surface area contributed by atoms with Crippen molar-refractivity contribution < 1.29 is 9.59 Å². The first-order valence-corrected chi connectivity index (χ1v) is 10.5. The van der Waals surface area contributed by atoms with E-state index in [1.807, 2.05) is 11.9 Å². The fourth-order valence-corrected chi connectivity index (χ4v) is 5.29. The number of carbonyl (C=O) groups is 2. The van der Waals surface area contributed by atoms with Crippen molar-refractivity contribution >= 4 is 23.0 Å². The number of benzene rings is 1. The Hall–Kier alpha value is -1.98. The van der Waals surface area contributed by atoms with Gasteiger partial charge in [-0.1, -0.05) is 24.3 Å². The van der Waals surface area contributed by atoms with Gasteiger partial charge in [0.1, 0.15) is 0 Å². The Labute approximate surface area is 164 Å². The van der Waals surface area contributed by atoms with E-state index in [9.17, 15) is 9.59 Å². The summed E-state index contributed by atoms with van der Waals surface area (Å²) in [5, 5.41) is 0. The number of amides is 1. The second-order valence-corrected chi connectivity index (χ2v) is 8.84. The third kappa shape index (κ3) is 3.71. The van der Waals surface area contributed by atoms with E-state index in [1.54, 1.807) is 19.1 Å². The molecule has 1 unspecified atom stereocenters. The molecule has 1 atom stereocenters. The Bertz CT molecular complexity index is 835. The molecule has 0 saturated carbocycles. The molecule has 142 valence electrons. The summed E-state index contributed by atoms with van der Waals surface area (Å²) in [4.78, 5) is 30.2. The van der Waals surface area contributed by atoms with E-state index in [0.717, 1.165) is 38.8 Å². The minimum absolute atomic E-state index is 0.0198. The van der Waals surface area contributed by atoms with Gasteiger partial charge in [0, 0.05) is 25.7 Å². The maximum absolute atomic E-state index is 12.9. The predicted octanol–water partition coefficient (Wildman–Crippen LogP) is 3.65. The molecule has 2 heterocycles. The van der Waals surface area contributed by atoms with E-state index in [-0.39, 0.29) is 17.7 Å². The first-order valence-electron chi connectivity index (χ1n) is 9.71. The summed E-state index contributed by atoms with van der Waals surface area (Å²) in [6, 6.07) is 13.1. The maximum Gasteiger partial charge on any atom is 0.263 e. The SMILES string of the molecule is CC(=O)c1ccc(C(=O)N(C)C2CCCN(C3Cc4ccccc4C3)C2)s1. The number of ketones is 1. The van der Waals surface area contributed by atoms with Crippen LogP contribution in [0.4, 0.5) is 0 Å². The van der Waals surface area contributed by atoms with Gasteiger partial charge in [-0.3, -0.25) is 14.5 Å². The van der Waals surface area contributed by atoms with Crippen molar-refractivity contribution in [1.29, 1.82) is 0 Å². The molecule has 1 amide bonds. The summed E-state index contributed by atoms with van der Waals surface area (Å²) >= 11 is 1.30. The third-order valence-corrected chi connectivity index (χ3v) is 7.18. The molecule has 0 spiro atoms. The van der Waals surface area contributed by atoms with Crippen LogP contribution in [-0.4, -0.2) is 53.7 Å². The van der Waals surface area contributed by atoms with E-state index in [2.05, 4.69) is 29.2 Å². The highest BCUT2D eigenvalue weighted by atomic mass is 32.1. The van der Waals surface area contributed by atoms with Crippen molar-refractivity contribution in [2.24, 2.45) is 0 Å². The standard InChI is InChI=1S/C22H26N2O2S/c1-15(25)20-9-10-21(27-20)22(26)23(2)18-8-5-11-24(14-18)19-12-16-6-3-4-7-17(16)13-19/h3-4,6-7,9-10,18-19H,5,8,11-14H2,1-2H3. The van der Waals surface area contributed by atoms with Gasteiger partial charge in [-0.25, -0.2) is 0 Å². The quantitative estimate of drug-likeness (QED) is 0.758. The highest BCUT2D eigenvalue weighted by molar-refractivity contribution is 7.15. The monoisotopic (exact) mass is 382 g/mol. The number of rotatable bonds is 4. The van der Waals surface area contributed by atoms with Gasteiger partial charge < -0.3 is 4.90 Å². The second kappa shape index (κ2) is 7.56. The Morgan fingerprint density at radius 3 is 2.37 bits per heavy atom. The molecule has 1 aromatic heterocycles. The fourth-order valence-electron chi connectivity index (χ4n) is 4.41. The molecule has 1 aromatic carbocycles. The van der Waals surface area contributed by atoms with E-state index in [1.165, 1.54) is 22.5 Å². The van der Waals surface area contributed by atoms with E-state index >= 15 is 0 Å². The number of likely N-dealkylation sites (tertiary alicyclic amines) is 1. The highest BCUT2D eigenvalue weighted by Gasteiger charge is 2.33. The Morgan fingerprint density at radius 2 is 1.74 bits per heavy atom. The molecular weight excluding hydrogens is 356 g/mol. The van der Waals surface area contributed by atoms with Crippen molar-refractivity contribution in [3.05, 3.63) is 57.3 Å². The van der Waals surface area contributed by atoms with Crippen LogP contribution in [-0.2, 0) is 12.8 Å². The maximum atomic E-state index is 12.9. The lowest BCUT2D eigenvalue weighted by Crippen LogP contribution is -2.51. The molecule has 2 aliphatic rings. The fraction of sp³-hybridized carbons (Fsp3) is 0.455. The van der Waals surface area contributed by atoms with Crippen LogP contribution in [0, 0.1) is 0 Å². The number of piperidine rings is 1. The van der Waals surface area contributed by atoms with Crippen LogP contribution in [0.5, 0.6) is 0 Å². The zero-order valence-corrected chi connectivity index (χ0v) is 16.8. The molecule has 1 aliphatic heterocycles. The van der Waals surface area contributed by atoms with Gasteiger partial charge in [0.15, 0.2) is 5.78 Å². The van der Waals surface area contributed by atoms with Crippen molar-refractivity contribution in [2.45, 2.75) is 44.7 Å². The molecule has 1 aliphatic carbocycles. The topological polar surface area (TPSA) is 40.6 Å². The van der Waals surface area contributed by atoms with Gasteiger partial charge in [0.2, 0.25) is 0 Å². The molecule has 0 N–H and O–H groups in total. The molecule has 1 saturated heterocycles. The zero-order valence-electron chi connectivity index (χ0n) is 16.0. The number of hydrogen-bond donors (Lipinski definition) is 0. The molecule has 5 heteroatoms. The molecule has 2 aromatic rings. The van der Waals surface area contributed by atoms with Gasteiger partial charge in [-0.2, -0.15) is 0 Å². The number of hydrogen-bond acceptors (Lipinski definition) is 4. The van der Waals surface area contributed by atoms with Crippen LogP contribution in [0.1, 0.15) is 50.2 Å². The van der Waals surface area contributed by atoms with Crippen LogP contribution >= 0.6 is 11.3 Å². The van der Waals surface area contributed by atoms with Crippen LogP contribution in [0.3, 0.4) is 0 Å². The van der Waals surface area contributed by atoms with Crippen LogP contribution in [0.25, 0.3) is 0 Å². The predicted molar refractivity (Wildman–Crippen MR) is 109 cm³/mol. The number of fused-ring (bicyclic) bond motifs is 1. The van der Waals surface area contributed by atoms with E-state index in [0.29, 0.717) is 15.8 Å². The molecule has 4 nitrogen and oxygen atoms in total. The summed E-state index contributed by atoms with van der Waals surface area (Å²) in [6.45, 7) is 3.60. The third-order valence-electron chi connectivity index (χ3n) is 6.01. The van der Waals surface area contributed by atoms with Crippen LogP contribution in [0.2, 0.25) is 0 Å². The molecule has 0 radical (unpaired) electrons. The number of carbonyl (C=O) groups excluding carboxylic acids is 2. The van der Waals surface area contributed by atoms with E-state index in [4.69, 9.17) is 0 Å². The van der Waals surface area contributed by atoms with Crippen molar-refractivity contribution in [2.75, 3.05) is 20.1 Å². The minimum Gasteiger partial charge on any atom is -0.337 e. The number of Topliss-reactive ketones (excluding diaryl/α,β-unsaturated/α-hetero) is 1. The molecule has 1 fully saturated rings. The Balaban J connectivity index is 1.42. The van der Waals surface area contributed by atoms with Crippen molar-refractivity contribution in [3.8, 4) is 0 Å². The average molecular weight is 383 g/mol. The summed E-state index contributed by atoms with van der Waals surface area (Å²) in [6.07, 6.45) is 4.41. The largest absolute Gasteiger partial charge is 0.337 e. The van der Waals surface area contributed by atoms with Gasteiger partial charge in [-0.05, 0) is 62.4 Å². The Kier molecular flexibility index (Phi) is 5.15. The summed E-state index contributed by atoms with van der Waals surface area (Å²) in [5.74, 6) is 0.0559. The summed E-state index contributed by atoms with van der Waals surface area (Å²) in [5.41, 5.74) is 2.95. The molecule has 4 rings (SSSR count). The number of likely N-dealkylation sites (N-methyl/N-ethyl adjacent to an activating group) is 1. The summed E-state index contributed by atoms with van der Waals surface area (Å²) < 4.78 is 0. The lowest BCUT2D eigenvalue weighted by Gasteiger charge is -2.40. The first-order chi connectivity index (χ1) is 13.0. The van der Waals surface area contributed by atoms with Crippen molar-refractivity contribution in [3.63, 3.8) is 0 Å². The Morgan fingerprint density at radius 1 is 1.07 bits per heavy atom. The van der Waals surface area contributed by atoms with Gasteiger partial charge in [0.25, 0.3) is 5.91 Å². The highest BCUT2D eigenvalue weighted by Crippen LogP contribution is 2.29. The first kappa shape index (κ1) is 18.4. The molecular formula is C22H26N2O2S. The zero-order chi connectivity index (χ0) is 19.0. The van der Waals surface area contributed by atoms with Crippen LogP contribution < -0.4 is 0 Å². The van der Waals surface area contributed by atoms with Gasteiger partial charge >= 0.3 is 0 Å². The van der Waals surface area contributed by atoms with E-state index < -0.39 is 0 Å². The smallest absolute Gasteiger partial charge is 0.263 e.